The molecule has 0 fully saturated rings. The van der Waals surface area contributed by atoms with Crippen LogP contribution in [-0.2, 0) is 44.0 Å². The van der Waals surface area contributed by atoms with Gasteiger partial charge >= 0.3 is 51.5 Å². The van der Waals surface area contributed by atoms with Gasteiger partial charge < -0.3 is 24.6 Å². The first-order chi connectivity index (χ1) is 2.00. The van der Waals surface area contributed by atoms with E-state index in [4.69, 9.17) is 14.3 Å². The van der Waals surface area contributed by atoms with E-state index in [-0.39, 0.29) is 45.0 Å². The molecule has 0 aromatic heterocycles. The summed E-state index contributed by atoms with van der Waals surface area (Å²) in [5.41, 5.74) is 0. The van der Waals surface area contributed by atoms with Crippen molar-refractivity contribution < 1.29 is 51.5 Å². The Kier molecular flexibility index (Phi) is 74.5. The maximum Gasteiger partial charge on any atom is 2.00 e. The SMILES string of the molecule is N.N.N.N.[O]=[Mo](=[O])([O-])[O-].[Pd+2]. The van der Waals surface area contributed by atoms with Gasteiger partial charge in [0.1, 0.15) is 0 Å². The molecule has 8 nitrogen and oxygen atoms in total. The van der Waals surface area contributed by atoms with Gasteiger partial charge in [-0.05, 0) is 0 Å². The van der Waals surface area contributed by atoms with Gasteiger partial charge in [-0.25, -0.2) is 0 Å². The monoisotopic (exact) mass is 336 g/mol. The van der Waals surface area contributed by atoms with E-state index in [1.807, 2.05) is 0 Å². The predicted molar refractivity (Wildman–Crippen MR) is 21.5 cm³/mol. The molecule has 0 saturated carbocycles. The molecule has 0 unspecified atom stereocenters. The van der Waals surface area contributed by atoms with Gasteiger partial charge in [-0.2, -0.15) is 0 Å². The van der Waals surface area contributed by atoms with Crippen LogP contribution in [0.5, 0.6) is 0 Å². The molecule has 0 aliphatic heterocycles. The van der Waals surface area contributed by atoms with Crippen molar-refractivity contribution in [3.05, 3.63) is 0 Å². The molecule has 0 aliphatic rings. The minimum absolute atomic E-state index is 0. The number of hydrogen-bond acceptors (Lipinski definition) is 8. The summed E-state index contributed by atoms with van der Waals surface area (Å²) in [4.78, 5) is 0. The van der Waals surface area contributed by atoms with Gasteiger partial charge in [0, 0.05) is 0 Å². The second-order valence-corrected chi connectivity index (χ2v) is 2.42. The quantitative estimate of drug-likeness (QED) is 0.362. The normalized spacial score (nSPS) is 5.80. The summed E-state index contributed by atoms with van der Waals surface area (Å²) < 4.78 is 34.5. The van der Waals surface area contributed by atoms with Crippen molar-refractivity contribution in [3.8, 4) is 0 Å². The van der Waals surface area contributed by atoms with Gasteiger partial charge in [0.25, 0.3) is 0 Å². The number of hydrogen-bond donors (Lipinski definition) is 4. The zero-order valence-electron chi connectivity index (χ0n) is 5.19. The molecule has 72 valence electrons. The third kappa shape index (κ3) is 1030. The van der Waals surface area contributed by atoms with Crippen molar-refractivity contribution in [2.24, 2.45) is 0 Å². The first-order valence-corrected chi connectivity index (χ1v) is 3.94. The summed E-state index contributed by atoms with van der Waals surface area (Å²) in [7, 11) is 0. The van der Waals surface area contributed by atoms with E-state index >= 15 is 0 Å². The van der Waals surface area contributed by atoms with Crippen LogP contribution < -0.4 is 32.1 Å². The van der Waals surface area contributed by atoms with Crippen molar-refractivity contribution in [1.29, 1.82) is 0 Å². The Labute approximate surface area is 76.1 Å². The zero-order valence-corrected chi connectivity index (χ0v) is 8.75. The topological polar surface area (TPSA) is 220 Å². The standard InChI is InChI=1S/Mo.4H3N.4O.Pd/h;4*1H3;;;;;/q;;;;;;;2*-1;+2. The smallest absolute Gasteiger partial charge is 2.00 e. The van der Waals surface area contributed by atoms with Crippen LogP contribution in [0.1, 0.15) is 0 Å². The Morgan fingerprint density at radius 1 is 0.800 bits per heavy atom. The van der Waals surface area contributed by atoms with E-state index in [2.05, 4.69) is 0 Å². The second-order valence-electron chi connectivity index (χ2n) is 0.408. The van der Waals surface area contributed by atoms with Crippen LogP contribution >= 0.6 is 0 Å². The summed E-state index contributed by atoms with van der Waals surface area (Å²) in [6.45, 7) is 0. The minimum Gasteiger partial charge on any atom is 2.00 e. The molecular formula is H12MoN4O4Pd. The molecule has 0 radical (unpaired) electrons. The van der Waals surface area contributed by atoms with E-state index in [1.54, 1.807) is 0 Å². The third-order valence-corrected chi connectivity index (χ3v) is 0. The average Bonchev–Trinajstić information content (AvgIpc) is 0.722. The van der Waals surface area contributed by atoms with E-state index in [0.29, 0.717) is 0 Å². The Morgan fingerprint density at radius 2 is 0.800 bits per heavy atom. The van der Waals surface area contributed by atoms with Crippen molar-refractivity contribution >= 4 is 0 Å². The molecule has 0 bridgehead atoms. The first kappa shape index (κ1) is 45.5. The van der Waals surface area contributed by atoms with Gasteiger partial charge in [0.2, 0.25) is 0 Å². The van der Waals surface area contributed by atoms with Crippen molar-refractivity contribution in [2.75, 3.05) is 0 Å². The Bertz CT molecular complexity index is 100. The van der Waals surface area contributed by atoms with Crippen LogP contribution in [-0.4, -0.2) is 0 Å². The van der Waals surface area contributed by atoms with E-state index in [9.17, 15) is 0 Å². The van der Waals surface area contributed by atoms with E-state index < -0.39 is 16.7 Å². The largest absolute Gasteiger partial charge is 2.00 e. The molecule has 0 spiro atoms. The van der Waals surface area contributed by atoms with Gasteiger partial charge in [-0.1, -0.05) is 0 Å². The second kappa shape index (κ2) is 16.4. The van der Waals surface area contributed by atoms with Crippen molar-refractivity contribution in [3.63, 3.8) is 0 Å². The van der Waals surface area contributed by atoms with Gasteiger partial charge in [0.05, 0.1) is 0 Å². The van der Waals surface area contributed by atoms with Crippen LogP contribution in [0, 0.1) is 0 Å². The Balaban J connectivity index is -0.00000000800. The predicted octanol–water partition coefficient (Wildman–Crippen LogP) is -1.97. The van der Waals surface area contributed by atoms with Crippen LogP contribution in [0.3, 0.4) is 0 Å². The summed E-state index contributed by atoms with van der Waals surface area (Å²) in [6, 6.07) is 0. The molecule has 0 aromatic carbocycles. The molecule has 0 rings (SSSR count). The maximum absolute atomic E-state index is 8.63. The van der Waals surface area contributed by atoms with Crippen LogP contribution in [0.4, 0.5) is 0 Å². The molecule has 0 saturated heterocycles. The van der Waals surface area contributed by atoms with Crippen LogP contribution in [0.15, 0.2) is 0 Å². The fourth-order valence-electron chi connectivity index (χ4n) is 0. The molecule has 0 aliphatic carbocycles. The maximum atomic E-state index is 8.63. The fourth-order valence-corrected chi connectivity index (χ4v) is 0. The fraction of sp³-hybridized carbons (Fsp3) is 0. The first-order valence-electron chi connectivity index (χ1n) is 0.667. The van der Waals surface area contributed by atoms with Crippen molar-refractivity contribution in [2.45, 2.75) is 0 Å². The molecule has 10 heavy (non-hydrogen) atoms. The molecule has 0 heterocycles. The molecular weight excluding hydrogens is 322 g/mol. The number of rotatable bonds is 0. The molecule has 10 heteroatoms. The summed E-state index contributed by atoms with van der Waals surface area (Å²) in [6.07, 6.45) is 0. The van der Waals surface area contributed by atoms with E-state index in [1.165, 1.54) is 0 Å². The summed E-state index contributed by atoms with van der Waals surface area (Å²) >= 11 is -6.02. The van der Waals surface area contributed by atoms with E-state index in [0.717, 1.165) is 0 Å². The third-order valence-electron chi connectivity index (χ3n) is 0. The Morgan fingerprint density at radius 3 is 0.800 bits per heavy atom. The summed E-state index contributed by atoms with van der Waals surface area (Å²) in [5, 5.41) is 0. The van der Waals surface area contributed by atoms with Crippen molar-refractivity contribution in [1.82, 2.24) is 24.6 Å². The molecule has 0 amide bonds. The zero-order chi connectivity index (χ0) is 4.50. The van der Waals surface area contributed by atoms with Gasteiger partial charge in [-0.15, -0.1) is 0 Å². The van der Waals surface area contributed by atoms with Crippen LogP contribution in [0.2, 0.25) is 0 Å². The van der Waals surface area contributed by atoms with Crippen LogP contribution in [0.25, 0.3) is 0 Å². The average molecular weight is 334 g/mol. The van der Waals surface area contributed by atoms with Gasteiger partial charge in [0.15, 0.2) is 0 Å². The Hall–Kier alpha value is 0.711. The minimum atomic E-state index is -6.02. The molecule has 0 atom stereocenters. The molecule has 12 N–H and O–H groups in total. The van der Waals surface area contributed by atoms with Gasteiger partial charge in [-0.3, -0.25) is 0 Å². The molecule has 0 aromatic rings. The summed E-state index contributed by atoms with van der Waals surface area (Å²) in [5.74, 6) is 0.